The Labute approximate surface area is 195 Å². The Morgan fingerprint density at radius 2 is 1.76 bits per heavy atom. The average Bonchev–Trinajstić information content (AvgIpc) is 3.22. The van der Waals surface area contributed by atoms with Crippen LogP contribution in [0.15, 0.2) is 77.8 Å². The van der Waals surface area contributed by atoms with Crippen LogP contribution in [0.25, 0.3) is 10.9 Å². The number of carbonyl (C=O) groups excluding carboxylic acids is 2. The molecule has 0 aliphatic heterocycles. The van der Waals surface area contributed by atoms with Crippen molar-refractivity contribution in [2.24, 2.45) is 0 Å². The highest BCUT2D eigenvalue weighted by molar-refractivity contribution is 7.92. The van der Waals surface area contributed by atoms with Crippen LogP contribution in [0.5, 0.6) is 0 Å². The third-order valence-corrected chi connectivity index (χ3v) is 6.55. The number of aromatic nitrogens is 1. The third-order valence-electron chi connectivity index (χ3n) is 5.17. The lowest BCUT2D eigenvalue weighted by atomic mass is 10.1. The zero-order valence-corrected chi connectivity index (χ0v) is 18.9. The fraction of sp³-hybridized carbons (Fsp3) is 0.0833. The molecule has 0 bridgehead atoms. The summed E-state index contributed by atoms with van der Waals surface area (Å²) in [6.07, 6.45) is 1.79. The molecule has 1 aromatic heterocycles. The zero-order chi connectivity index (χ0) is 24.3. The van der Waals surface area contributed by atoms with Crippen molar-refractivity contribution < 1.29 is 22.4 Å². The van der Waals surface area contributed by atoms with E-state index in [-0.39, 0.29) is 22.6 Å². The Hall–Kier alpha value is -4.18. The lowest BCUT2D eigenvalue weighted by Gasteiger charge is -2.11. The quantitative estimate of drug-likeness (QED) is 0.316. The molecule has 0 aliphatic rings. The fourth-order valence-electron chi connectivity index (χ4n) is 3.37. The van der Waals surface area contributed by atoms with E-state index in [1.807, 2.05) is 24.3 Å². The second kappa shape index (κ2) is 9.36. The van der Waals surface area contributed by atoms with Gasteiger partial charge in [0.05, 0.1) is 11.3 Å². The highest BCUT2D eigenvalue weighted by Crippen LogP contribution is 2.20. The number of rotatable bonds is 6. The number of aromatic amines is 1. The summed E-state index contributed by atoms with van der Waals surface area (Å²) in [5.74, 6) is -1.69. The lowest BCUT2D eigenvalue weighted by molar-refractivity contribution is -0.121. The second-order valence-corrected chi connectivity index (χ2v) is 9.32. The summed E-state index contributed by atoms with van der Waals surface area (Å²) in [5, 5.41) is 0.914. The second-order valence-electron chi connectivity index (χ2n) is 7.64. The molecule has 10 heteroatoms. The van der Waals surface area contributed by atoms with Crippen molar-refractivity contribution in [2.75, 3.05) is 4.72 Å². The molecule has 174 valence electrons. The number of hydrazine groups is 1. The Kier molecular flexibility index (Phi) is 6.33. The minimum Gasteiger partial charge on any atom is -0.361 e. The summed E-state index contributed by atoms with van der Waals surface area (Å²) in [7, 11) is -4.06. The largest absolute Gasteiger partial charge is 0.361 e. The van der Waals surface area contributed by atoms with E-state index in [1.54, 1.807) is 6.20 Å². The van der Waals surface area contributed by atoms with E-state index in [0.717, 1.165) is 22.5 Å². The third kappa shape index (κ3) is 5.07. The van der Waals surface area contributed by atoms with Gasteiger partial charge in [-0.3, -0.25) is 25.2 Å². The van der Waals surface area contributed by atoms with E-state index in [2.05, 4.69) is 20.6 Å². The average molecular weight is 481 g/mol. The van der Waals surface area contributed by atoms with Crippen molar-refractivity contribution in [2.45, 2.75) is 18.2 Å². The molecule has 34 heavy (non-hydrogen) atoms. The summed E-state index contributed by atoms with van der Waals surface area (Å²) >= 11 is 0. The number of benzene rings is 3. The highest BCUT2D eigenvalue weighted by atomic mass is 32.2. The molecular weight excluding hydrogens is 459 g/mol. The van der Waals surface area contributed by atoms with Crippen molar-refractivity contribution in [3.05, 3.63) is 95.4 Å². The van der Waals surface area contributed by atoms with E-state index in [9.17, 15) is 22.4 Å². The van der Waals surface area contributed by atoms with Crippen LogP contribution in [0.1, 0.15) is 21.5 Å². The SMILES string of the molecule is Cc1ccc(S(=O)(=O)Nc2cccc(C(=O)NNC(=O)Cc3c[nH]c4ccccc34)c2)cc1F. The van der Waals surface area contributed by atoms with Gasteiger partial charge in [-0.2, -0.15) is 0 Å². The van der Waals surface area contributed by atoms with Crippen LogP contribution in [-0.2, 0) is 21.2 Å². The molecule has 0 atom stereocenters. The molecule has 0 saturated carbocycles. The van der Waals surface area contributed by atoms with Crippen molar-refractivity contribution >= 4 is 38.4 Å². The Morgan fingerprint density at radius 1 is 0.971 bits per heavy atom. The van der Waals surface area contributed by atoms with Gasteiger partial charge in [-0.15, -0.1) is 0 Å². The maximum Gasteiger partial charge on any atom is 0.269 e. The predicted octanol–water partition coefficient (Wildman–Crippen LogP) is 3.42. The van der Waals surface area contributed by atoms with E-state index in [4.69, 9.17) is 0 Å². The van der Waals surface area contributed by atoms with E-state index < -0.39 is 27.7 Å². The first kappa shape index (κ1) is 23.0. The number of amides is 2. The Balaban J connectivity index is 1.39. The zero-order valence-electron chi connectivity index (χ0n) is 18.1. The van der Waals surface area contributed by atoms with Gasteiger partial charge < -0.3 is 4.98 Å². The Morgan fingerprint density at radius 3 is 2.56 bits per heavy atom. The van der Waals surface area contributed by atoms with E-state index in [0.29, 0.717) is 5.56 Å². The summed E-state index contributed by atoms with van der Waals surface area (Å²) in [5.41, 5.74) is 6.91. The van der Waals surface area contributed by atoms with Crippen LogP contribution in [0.2, 0.25) is 0 Å². The van der Waals surface area contributed by atoms with Crippen molar-refractivity contribution in [1.82, 2.24) is 15.8 Å². The minimum absolute atomic E-state index is 0.0528. The molecule has 4 N–H and O–H groups in total. The molecule has 0 radical (unpaired) electrons. The summed E-state index contributed by atoms with van der Waals surface area (Å²) in [6.45, 7) is 1.53. The first-order valence-corrected chi connectivity index (χ1v) is 11.7. The van der Waals surface area contributed by atoms with Gasteiger partial charge in [0, 0.05) is 28.4 Å². The monoisotopic (exact) mass is 480 g/mol. The predicted molar refractivity (Wildman–Crippen MR) is 126 cm³/mol. The molecule has 4 rings (SSSR count). The van der Waals surface area contributed by atoms with Crippen LogP contribution in [-0.4, -0.2) is 25.2 Å². The summed E-state index contributed by atoms with van der Waals surface area (Å²) in [4.78, 5) is 27.6. The highest BCUT2D eigenvalue weighted by Gasteiger charge is 2.17. The van der Waals surface area contributed by atoms with E-state index >= 15 is 0 Å². The number of nitrogens with one attached hydrogen (secondary N) is 4. The standard InChI is InChI=1S/C24H21FN4O4S/c1-15-9-10-19(13-21(15)25)34(32,33)29-18-6-4-5-16(11-18)24(31)28-27-23(30)12-17-14-26-22-8-3-2-7-20(17)22/h2-11,13-14,26,29H,12H2,1H3,(H,27,30)(H,28,31). The molecular formula is C24H21FN4O4S. The molecule has 0 aliphatic carbocycles. The van der Waals surface area contributed by atoms with Gasteiger partial charge in [-0.25, -0.2) is 12.8 Å². The van der Waals surface area contributed by atoms with Gasteiger partial charge in [0.2, 0.25) is 5.91 Å². The number of halogens is 1. The maximum absolute atomic E-state index is 13.8. The molecule has 0 unspecified atom stereocenters. The first-order valence-electron chi connectivity index (χ1n) is 10.3. The molecule has 1 heterocycles. The van der Waals surface area contributed by atoms with Crippen LogP contribution >= 0.6 is 0 Å². The topological polar surface area (TPSA) is 120 Å². The number of fused-ring (bicyclic) bond motifs is 1. The van der Waals surface area contributed by atoms with Gasteiger partial charge in [0.1, 0.15) is 5.82 Å². The number of sulfonamides is 1. The summed E-state index contributed by atoms with van der Waals surface area (Å²) < 4.78 is 41.2. The van der Waals surface area contributed by atoms with Crippen LogP contribution in [0, 0.1) is 12.7 Å². The van der Waals surface area contributed by atoms with Crippen molar-refractivity contribution in [3.63, 3.8) is 0 Å². The smallest absolute Gasteiger partial charge is 0.269 e. The molecule has 0 saturated heterocycles. The number of hydrogen-bond acceptors (Lipinski definition) is 4. The molecule has 8 nitrogen and oxygen atoms in total. The molecule has 2 amide bonds. The van der Waals surface area contributed by atoms with E-state index in [1.165, 1.54) is 43.3 Å². The molecule has 3 aromatic carbocycles. The normalized spacial score (nSPS) is 11.2. The van der Waals surface area contributed by atoms with Gasteiger partial charge in [0.15, 0.2) is 0 Å². The maximum atomic E-state index is 13.8. The number of para-hydroxylation sites is 1. The van der Waals surface area contributed by atoms with Crippen LogP contribution < -0.4 is 15.6 Å². The van der Waals surface area contributed by atoms with Gasteiger partial charge >= 0.3 is 0 Å². The lowest BCUT2D eigenvalue weighted by Crippen LogP contribution is -2.42. The molecule has 0 spiro atoms. The number of hydrogen-bond donors (Lipinski definition) is 4. The number of carbonyl (C=O) groups is 2. The minimum atomic E-state index is -4.06. The van der Waals surface area contributed by atoms with Gasteiger partial charge in [-0.1, -0.05) is 30.3 Å². The van der Waals surface area contributed by atoms with Crippen LogP contribution in [0.3, 0.4) is 0 Å². The van der Waals surface area contributed by atoms with Crippen molar-refractivity contribution in [3.8, 4) is 0 Å². The fourth-order valence-corrected chi connectivity index (χ4v) is 4.43. The number of aryl methyl sites for hydroxylation is 1. The first-order chi connectivity index (χ1) is 16.2. The number of H-pyrrole nitrogens is 1. The molecule has 0 fully saturated rings. The van der Waals surface area contributed by atoms with Crippen LogP contribution in [0.4, 0.5) is 10.1 Å². The number of anilines is 1. The Bertz CT molecular complexity index is 1500. The van der Waals surface area contributed by atoms with Gasteiger partial charge in [0.25, 0.3) is 15.9 Å². The summed E-state index contributed by atoms with van der Waals surface area (Å²) in [6, 6.07) is 16.8. The molecule has 4 aromatic rings. The van der Waals surface area contributed by atoms with Crippen molar-refractivity contribution in [1.29, 1.82) is 0 Å². The van der Waals surface area contributed by atoms with Gasteiger partial charge in [-0.05, 0) is 54.4 Å².